The van der Waals surface area contributed by atoms with Gasteiger partial charge in [-0.05, 0) is 42.0 Å². The molecule has 1 fully saturated rings. The van der Waals surface area contributed by atoms with Gasteiger partial charge in [0.15, 0.2) is 28.4 Å². The number of benzene rings is 3. The van der Waals surface area contributed by atoms with Crippen LogP contribution in [0.3, 0.4) is 0 Å². The van der Waals surface area contributed by atoms with Gasteiger partial charge in [-0.1, -0.05) is 12.1 Å². The molecule has 0 amide bonds. The molecule has 5 atom stereocenters. The predicted octanol–water partition coefficient (Wildman–Crippen LogP) is 1.99. The van der Waals surface area contributed by atoms with Crippen LogP contribution in [0.4, 0.5) is 0 Å². The van der Waals surface area contributed by atoms with Crippen LogP contribution in [0.5, 0.6) is 34.5 Å². The molecule has 46 heavy (non-hydrogen) atoms. The first-order valence-electron chi connectivity index (χ1n) is 13.8. The molecule has 0 radical (unpaired) electrons. The number of hydrogen-bond donors (Lipinski definition) is 6. The lowest BCUT2D eigenvalue weighted by Gasteiger charge is -2.40. The number of aliphatic hydroxyl groups excluding tert-OH is 3. The molecular formula is C32H30O14. The number of carbonyl (C=O) groups is 1. The lowest BCUT2D eigenvalue weighted by Crippen LogP contribution is -2.60. The molecule has 0 spiro atoms. The third kappa shape index (κ3) is 6.69. The van der Waals surface area contributed by atoms with E-state index in [2.05, 4.69) is 0 Å². The van der Waals surface area contributed by atoms with Gasteiger partial charge < -0.3 is 58.7 Å². The van der Waals surface area contributed by atoms with E-state index in [0.717, 1.165) is 18.2 Å². The van der Waals surface area contributed by atoms with Crippen molar-refractivity contribution in [3.63, 3.8) is 0 Å². The Labute approximate surface area is 260 Å². The van der Waals surface area contributed by atoms with E-state index in [1.54, 1.807) is 12.1 Å². The summed E-state index contributed by atoms with van der Waals surface area (Å²) in [6.45, 7) is -0.544. The predicted molar refractivity (Wildman–Crippen MR) is 159 cm³/mol. The highest BCUT2D eigenvalue weighted by Crippen LogP contribution is 2.46. The first-order chi connectivity index (χ1) is 22.0. The van der Waals surface area contributed by atoms with E-state index < -0.39 is 54.5 Å². The van der Waals surface area contributed by atoms with Crippen LogP contribution in [-0.4, -0.2) is 88.1 Å². The zero-order valence-corrected chi connectivity index (χ0v) is 24.4. The maximum absolute atomic E-state index is 12.3. The molecule has 0 aromatic heterocycles. The quantitative estimate of drug-likeness (QED) is 0.114. The van der Waals surface area contributed by atoms with Crippen molar-refractivity contribution in [1.82, 2.24) is 0 Å². The highest BCUT2D eigenvalue weighted by Gasteiger charge is 2.46. The van der Waals surface area contributed by atoms with Gasteiger partial charge in [0.1, 0.15) is 48.3 Å². The minimum atomic E-state index is -1.82. The number of phenols is 3. The second kappa shape index (κ2) is 13.4. The van der Waals surface area contributed by atoms with Crippen molar-refractivity contribution in [2.24, 2.45) is 0 Å². The molecule has 3 aliphatic rings. The van der Waals surface area contributed by atoms with Crippen molar-refractivity contribution in [1.29, 1.82) is 0 Å². The zero-order chi connectivity index (χ0) is 33.1. The van der Waals surface area contributed by atoms with Crippen LogP contribution in [0.25, 0.3) is 28.7 Å². The third-order valence-corrected chi connectivity index (χ3v) is 7.15. The number of esters is 1. The molecule has 14 nitrogen and oxygen atoms in total. The Kier molecular flexibility index (Phi) is 9.34. The van der Waals surface area contributed by atoms with Crippen molar-refractivity contribution in [3.05, 3.63) is 76.5 Å². The van der Waals surface area contributed by atoms with Gasteiger partial charge in [0.05, 0.1) is 19.8 Å². The number of carbonyl (C=O) groups excluding carboxylic acids is 1. The smallest absolute Gasteiger partial charge is 0.330 e. The van der Waals surface area contributed by atoms with Gasteiger partial charge in [0, 0.05) is 23.8 Å². The molecular weight excluding hydrogens is 608 g/mol. The molecule has 5 rings (SSSR count). The number of ether oxygens (including phenoxy) is 5. The molecule has 2 aromatic rings. The number of rotatable bonds is 9. The van der Waals surface area contributed by atoms with Gasteiger partial charge in [0.25, 0.3) is 0 Å². The van der Waals surface area contributed by atoms with E-state index in [0.29, 0.717) is 5.56 Å². The van der Waals surface area contributed by atoms with Gasteiger partial charge in [-0.25, -0.2) is 4.79 Å². The largest absolute Gasteiger partial charge is 0.508 e. The minimum Gasteiger partial charge on any atom is -0.508 e. The molecule has 2 aromatic carbocycles. The van der Waals surface area contributed by atoms with Gasteiger partial charge in [-0.2, -0.15) is 0 Å². The molecule has 1 aliphatic carbocycles. The fourth-order valence-corrected chi connectivity index (χ4v) is 4.73. The van der Waals surface area contributed by atoms with Crippen LogP contribution in [0.15, 0.2) is 69.9 Å². The Morgan fingerprint density at radius 3 is 2.20 bits per heavy atom. The number of hydrogen-bond acceptors (Lipinski definition) is 14. The molecule has 242 valence electrons. The number of aliphatic hydroxyl groups is 3. The van der Waals surface area contributed by atoms with Gasteiger partial charge in [-0.15, -0.1) is 0 Å². The summed E-state index contributed by atoms with van der Waals surface area (Å²) in [6.07, 6.45) is -5.79. The van der Waals surface area contributed by atoms with E-state index in [9.17, 15) is 40.2 Å². The summed E-state index contributed by atoms with van der Waals surface area (Å²) >= 11 is 0. The standard InChI is InChI=1S/C32H30O14/c1-41-22-9-16(10-23(42-2)27(22)37)31-24(13-19-20(35)11-18(34)12-21(19)44-31)45-32-30(40)29(39)28(38)25(46-32)14-43-26(36)8-5-15-3-6-17(33)7-4-15/h3-13,25,28-30,32-33,35,37-40H,14H2,1-2H3. The second-order valence-corrected chi connectivity index (χ2v) is 10.2. The van der Waals surface area contributed by atoms with Gasteiger partial charge in [-0.3, -0.25) is 4.79 Å². The van der Waals surface area contributed by atoms with Gasteiger partial charge >= 0.3 is 5.97 Å². The number of fused-ring (bicyclic) bond motifs is 1. The van der Waals surface area contributed by atoms with E-state index in [1.807, 2.05) is 0 Å². The van der Waals surface area contributed by atoms with Crippen molar-refractivity contribution < 1.29 is 63.5 Å². The third-order valence-electron chi connectivity index (χ3n) is 7.15. The fourth-order valence-electron chi connectivity index (χ4n) is 4.73. The average Bonchev–Trinajstić information content (AvgIpc) is 3.04. The van der Waals surface area contributed by atoms with Crippen molar-refractivity contribution in [2.45, 2.75) is 30.7 Å². The highest BCUT2D eigenvalue weighted by atomic mass is 16.7. The molecule has 14 heteroatoms. The van der Waals surface area contributed by atoms with Crippen LogP contribution in [0, 0.1) is 0 Å². The van der Waals surface area contributed by atoms with E-state index in [1.165, 1.54) is 50.6 Å². The number of phenolic OH excluding ortho intramolecular Hbond substituents is 3. The first-order valence-corrected chi connectivity index (χ1v) is 13.8. The Morgan fingerprint density at radius 2 is 1.54 bits per heavy atom. The summed E-state index contributed by atoms with van der Waals surface area (Å²) in [5, 5.41) is 62.2. The summed E-state index contributed by atoms with van der Waals surface area (Å²) in [5.41, 5.74) is 0.310. The van der Waals surface area contributed by atoms with Crippen molar-refractivity contribution in [2.75, 3.05) is 20.8 Å². The summed E-state index contributed by atoms with van der Waals surface area (Å²) in [4.78, 5) is 24.4. The van der Waals surface area contributed by atoms with E-state index >= 15 is 0 Å². The molecule has 1 saturated heterocycles. The monoisotopic (exact) mass is 638 g/mol. The summed E-state index contributed by atoms with van der Waals surface area (Å²) < 4.78 is 33.3. The molecule has 6 N–H and O–H groups in total. The molecule has 0 bridgehead atoms. The Balaban J connectivity index is 1.44. The van der Waals surface area contributed by atoms with Crippen molar-refractivity contribution in [3.8, 4) is 57.1 Å². The van der Waals surface area contributed by atoms with E-state index in [-0.39, 0.29) is 51.4 Å². The van der Waals surface area contributed by atoms with Crippen LogP contribution in [0.2, 0.25) is 0 Å². The Hall–Kier alpha value is -5.28. The van der Waals surface area contributed by atoms with E-state index in [4.69, 9.17) is 28.1 Å². The lowest BCUT2D eigenvalue weighted by molar-refractivity contribution is -0.278. The van der Waals surface area contributed by atoms with Crippen molar-refractivity contribution >= 4 is 12.0 Å². The summed E-state index contributed by atoms with van der Waals surface area (Å²) in [7, 11) is 2.62. The minimum absolute atomic E-state index is 0.00939. The number of aromatic hydroxyl groups is 3. The molecule has 0 saturated carbocycles. The Bertz CT molecular complexity index is 1740. The lowest BCUT2D eigenvalue weighted by atomic mass is 9.99. The molecule has 2 aliphatic heterocycles. The molecule has 2 heterocycles. The van der Waals surface area contributed by atoms with Gasteiger partial charge in [0.2, 0.25) is 12.0 Å². The average molecular weight is 639 g/mol. The highest BCUT2D eigenvalue weighted by molar-refractivity contribution is 5.87. The Morgan fingerprint density at radius 1 is 0.870 bits per heavy atom. The SMILES string of the molecule is COc1cc(-c2oc3cc(=O)cc(O)c-3cc2OC2OC(COC(=O)C=Cc3ccc(O)cc3)C(O)C(O)C2O)cc(OC)c1O. The summed E-state index contributed by atoms with van der Waals surface area (Å²) in [5.74, 6) is -1.81. The van der Waals surface area contributed by atoms with Crippen LogP contribution in [-0.2, 0) is 14.3 Å². The summed E-state index contributed by atoms with van der Waals surface area (Å²) in [6, 6.07) is 12.2. The maximum Gasteiger partial charge on any atom is 0.330 e. The van der Waals surface area contributed by atoms with Crippen LogP contribution < -0.4 is 19.6 Å². The zero-order valence-electron chi connectivity index (χ0n) is 24.4. The topological polar surface area (TPSA) is 215 Å². The normalized spacial score (nSPS) is 21.3. The van der Waals surface area contributed by atoms with Crippen LogP contribution >= 0.6 is 0 Å². The molecule has 5 unspecified atom stereocenters. The fraction of sp³-hybridized carbons (Fsp3) is 0.250. The van der Waals surface area contributed by atoms with Crippen LogP contribution in [0.1, 0.15) is 5.56 Å². The maximum atomic E-state index is 12.3. The first kappa shape index (κ1) is 32.1. The number of methoxy groups -OCH3 is 2. The second-order valence-electron chi connectivity index (χ2n) is 10.2.